The molecule has 0 aliphatic heterocycles. The van der Waals surface area contributed by atoms with Crippen LogP contribution in [0, 0.1) is 5.21 Å². The Kier molecular flexibility index (Phi) is 10.0. The summed E-state index contributed by atoms with van der Waals surface area (Å²) >= 11 is 0. The number of quaternary nitrogens is 1. The quantitative estimate of drug-likeness (QED) is 0.353. The van der Waals surface area contributed by atoms with Gasteiger partial charge in [-0.2, -0.15) is 0 Å². The number of hydroxylamine groups is 2. The van der Waals surface area contributed by atoms with E-state index < -0.39 is 0 Å². The molecule has 0 atom stereocenters. The van der Waals surface area contributed by atoms with Gasteiger partial charge in [0.05, 0.1) is 13.2 Å². The number of aliphatic hydroxyl groups excluding tert-OH is 2. The predicted molar refractivity (Wildman–Crippen MR) is 31.8 cm³/mol. The second-order valence-corrected chi connectivity index (χ2v) is 1.49. The zero-order chi connectivity index (χ0) is 6.41. The van der Waals surface area contributed by atoms with Crippen molar-refractivity contribution in [3.63, 3.8) is 0 Å². The van der Waals surface area contributed by atoms with Gasteiger partial charge in [-0.15, -0.1) is 0 Å². The van der Waals surface area contributed by atoms with Gasteiger partial charge >= 0.3 is 0 Å². The zero-order valence-electron chi connectivity index (χ0n) is 5.13. The predicted octanol–water partition coefficient (Wildman–Crippen LogP) is -3.47. The lowest BCUT2D eigenvalue weighted by Crippen LogP contribution is -3.08. The molecule has 0 aromatic rings. The fourth-order valence-electron chi connectivity index (χ4n) is 0.374. The van der Waals surface area contributed by atoms with Crippen LogP contribution in [-0.4, -0.2) is 42.0 Å². The molecule has 9 heavy (non-hydrogen) atoms. The van der Waals surface area contributed by atoms with Gasteiger partial charge in [0.1, 0.15) is 13.1 Å². The first-order chi connectivity index (χ1) is 3.81. The number of aliphatic hydroxyl groups is 2. The Bertz CT molecular complexity index is 45.8. The molecule has 0 spiro atoms. The Labute approximate surface area is 53.4 Å². The molecule has 0 saturated carbocycles. The lowest BCUT2D eigenvalue weighted by atomic mass is 10.6. The van der Waals surface area contributed by atoms with Crippen molar-refractivity contribution in [2.45, 2.75) is 0 Å². The highest BCUT2D eigenvalue weighted by Gasteiger charge is 1.90. The first kappa shape index (κ1) is 11.6. The van der Waals surface area contributed by atoms with Gasteiger partial charge in [-0.05, 0) is 0 Å². The van der Waals surface area contributed by atoms with Crippen molar-refractivity contribution in [1.29, 1.82) is 0 Å². The van der Waals surface area contributed by atoms with Gasteiger partial charge in [0.25, 0.3) is 0 Å². The fraction of sp³-hybridized carbons (Fsp3) is 1.00. The largest absolute Gasteiger partial charge is 0.634 e. The van der Waals surface area contributed by atoms with Crippen LogP contribution in [-0.2, 0) is 0 Å². The molecule has 58 valence electrons. The lowest BCUT2D eigenvalue weighted by Gasteiger charge is -2.19. The smallest absolute Gasteiger partial charge is 0.100 e. The Morgan fingerprint density at radius 1 is 1.11 bits per heavy atom. The van der Waals surface area contributed by atoms with E-state index in [0.29, 0.717) is 0 Å². The van der Waals surface area contributed by atoms with Crippen LogP contribution in [0.5, 0.6) is 0 Å². The minimum atomic E-state index is -0.112. The lowest BCUT2D eigenvalue weighted by molar-refractivity contribution is -0.848. The van der Waals surface area contributed by atoms with Gasteiger partial charge in [-0.25, -0.2) is 0 Å². The second kappa shape index (κ2) is 7.80. The van der Waals surface area contributed by atoms with Gasteiger partial charge < -0.3 is 26.0 Å². The third-order valence-electron chi connectivity index (χ3n) is 0.781. The molecule has 0 aliphatic rings. The summed E-state index contributed by atoms with van der Waals surface area (Å²) in [6.45, 7) is 0.110. The molecule has 0 aromatic carbocycles. The van der Waals surface area contributed by atoms with Crippen molar-refractivity contribution in [1.82, 2.24) is 0 Å². The van der Waals surface area contributed by atoms with E-state index in [2.05, 4.69) is 0 Å². The Hall–Kier alpha value is -0.200. The molecule has 0 rings (SSSR count). The summed E-state index contributed by atoms with van der Waals surface area (Å²) < 4.78 is 0. The van der Waals surface area contributed by atoms with Crippen LogP contribution in [0.1, 0.15) is 0 Å². The highest BCUT2D eigenvalue weighted by atomic mass is 16.5. The molecule has 5 heteroatoms. The van der Waals surface area contributed by atoms with Gasteiger partial charge in [0, 0.05) is 0 Å². The van der Waals surface area contributed by atoms with E-state index in [1.807, 2.05) is 0 Å². The molecule has 0 radical (unpaired) electrons. The molecular weight excluding hydrogens is 126 g/mol. The summed E-state index contributed by atoms with van der Waals surface area (Å²) in [5.74, 6) is 0. The highest BCUT2D eigenvalue weighted by molar-refractivity contribution is 4.24. The standard InChI is InChI=1S/C4H11NO3.H2O/c6-3-1-5(8)2-4-7;/h5-7H,1-4H2;1H2. The molecule has 0 saturated heterocycles. The summed E-state index contributed by atoms with van der Waals surface area (Å²) in [7, 11) is 0. The average Bonchev–Trinajstić information content (AvgIpc) is 1.68. The molecule has 5 N–H and O–H groups in total. The molecule has 0 bridgehead atoms. The minimum Gasteiger partial charge on any atom is -0.634 e. The maximum Gasteiger partial charge on any atom is 0.100 e. The SMILES string of the molecule is O.[O-][NH+](CCO)CCO. The third kappa shape index (κ3) is 7.80. The van der Waals surface area contributed by atoms with Crippen LogP contribution in [0.3, 0.4) is 0 Å². The molecule has 5 nitrogen and oxygen atoms in total. The van der Waals surface area contributed by atoms with Crippen molar-refractivity contribution in [3.8, 4) is 0 Å². The van der Waals surface area contributed by atoms with Gasteiger partial charge in [-0.1, -0.05) is 0 Å². The number of nitrogens with one attached hydrogen (secondary N) is 1. The van der Waals surface area contributed by atoms with Crippen molar-refractivity contribution in [2.75, 3.05) is 26.3 Å². The van der Waals surface area contributed by atoms with Crippen molar-refractivity contribution < 1.29 is 20.8 Å². The normalized spacial score (nSPS) is 9.33. The van der Waals surface area contributed by atoms with Gasteiger partial charge in [-0.3, -0.25) is 0 Å². The number of hydrogen-bond acceptors (Lipinski definition) is 3. The molecular formula is C4H13NO4. The molecule has 0 aliphatic carbocycles. The average molecular weight is 139 g/mol. The number of hydrogen-bond donors (Lipinski definition) is 3. The van der Waals surface area contributed by atoms with Crippen molar-refractivity contribution in [3.05, 3.63) is 5.21 Å². The van der Waals surface area contributed by atoms with Crippen molar-refractivity contribution in [2.24, 2.45) is 0 Å². The van der Waals surface area contributed by atoms with Crippen LogP contribution >= 0.6 is 0 Å². The summed E-state index contributed by atoms with van der Waals surface area (Å²) in [5.41, 5.74) is 0. The maximum absolute atomic E-state index is 10.3. The highest BCUT2D eigenvalue weighted by Crippen LogP contribution is 1.46. The first-order valence-corrected chi connectivity index (χ1v) is 2.54. The Morgan fingerprint density at radius 2 is 1.44 bits per heavy atom. The molecule has 0 heterocycles. The maximum atomic E-state index is 10.3. The van der Waals surface area contributed by atoms with E-state index in [1.54, 1.807) is 0 Å². The van der Waals surface area contributed by atoms with Crippen molar-refractivity contribution >= 4 is 0 Å². The molecule has 0 aromatic heterocycles. The monoisotopic (exact) mass is 139 g/mol. The van der Waals surface area contributed by atoms with E-state index in [-0.39, 0.29) is 36.8 Å². The molecule has 0 amide bonds. The zero-order valence-corrected chi connectivity index (χ0v) is 5.13. The Balaban J connectivity index is 0. The summed E-state index contributed by atoms with van der Waals surface area (Å²) in [5, 5.41) is 26.6. The number of rotatable bonds is 4. The van der Waals surface area contributed by atoms with Gasteiger partial charge in [0.15, 0.2) is 0 Å². The van der Waals surface area contributed by atoms with Crippen LogP contribution in [0.25, 0.3) is 0 Å². The minimum absolute atomic E-state index is 0. The summed E-state index contributed by atoms with van der Waals surface area (Å²) in [6.07, 6.45) is 0. The van der Waals surface area contributed by atoms with E-state index in [0.717, 1.165) is 0 Å². The third-order valence-corrected chi connectivity index (χ3v) is 0.781. The summed E-state index contributed by atoms with van der Waals surface area (Å²) in [4.78, 5) is 0. The fourth-order valence-corrected chi connectivity index (χ4v) is 0.374. The van der Waals surface area contributed by atoms with E-state index in [9.17, 15) is 5.21 Å². The summed E-state index contributed by atoms with van der Waals surface area (Å²) in [6, 6.07) is 0. The topological polar surface area (TPSA) is 99.5 Å². The van der Waals surface area contributed by atoms with E-state index in [1.165, 1.54) is 0 Å². The van der Waals surface area contributed by atoms with Gasteiger partial charge in [0.2, 0.25) is 0 Å². The van der Waals surface area contributed by atoms with E-state index >= 15 is 0 Å². The van der Waals surface area contributed by atoms with Crippen LogP contribution in [0.2, 0.25) is 0 Å². The Morgan fingerprint density at radius 3 is 1.67 bits per heavy atom. The second-order valence-electron chi connectivity index (χ2n) is 1.49. The first-order valence-electron chi connectivity index (χ1n) is 2.54. The molecule has 0 fully saturated rings. The van der Waals surface area contributed by atoms with Crippen LogP contribution in [0.15, 0.2) is 0 Å². The van der Waals surface area contributed by atoms with Crippen LogP contribution < -0.4 is 5.06 Å². The van der Waals surface area contributed by atoms with E-state index in [4.69, 9.17) is 10.2 Å². The molecule has 0 unspecified atom stereocenters. The van der Waals surface area contributed by atoms with Crippen LogP contribution in [0.4, 0.5) is 0 Å².